The lowest BCUT2D eigenvalue weighted by molar-refractivity contribution is -0.0236. The van der Waals surface area contributed by atoms with Crippen LogP contribution >= 0.6 is 0 Å². The minimum absolute atomic E-state index is 0.0197. The third kappa shape index (κ3) is 11.9. The second kappa shape index (κ2) is 23.7. The second-order valence-corrected chi connectivity index (χ2v) is 18.3. The Morgan fingerprint density at radius 3 is 0.845 bits per heavy atom. The normalized spacial score (nSPS) is 13.3. The summed E-state index contributed by atoms with van der Waals surface area (Å²) in [7, 11) is 0. The van der Waals surface area contributed by atoms with Crippen LogP contribution in [0.4, 0.5) is 14.4 Å². The first-order valence-electron chi connectivity index (χ1n) is 24.7. The Labute approximate surface area is 415 Å². The van der Waals surface area contributed by atoms with Gasteiger partial charge in [-0.2, -0.15) is 0 Å². The summed E-state index contributed by atoms with van der Waals surface area (Å²) in [4.78, 5) is 38.2. The Morgan fingerprint density at radius 1 is 0.380 bits per heavy atom. The molecule has 0 saturated heterocycles. The van der Waals surface area contributed by atoms with Crippen LogP contribution in [0.5, 0.6) is 0 Å². The molecule has 6 aromatic carbocycles. The van der Waals surface area contributed by atoms with E-state index in [-0.39, 0.29) is 57.4 Å². The molecule has 0 saturated carbocycles. The molecule has 3 aliphatic rings. The van der Waals surface area contributed by atoms with Gasteiger partial charge in [0.25, 0.3) is 0 Å². The van der Waals surface area contributed by atoms with Crippen LogP contribution in [0.2, 0.25) is 0 Å². The van der Waals surface area contributed by atoms with E-state index in [0.29, 0.717) is 58.7 Å². The van der Waals surface area contributed by atoms with Gasteiger partial charge in [-0.1, -0.05) is 146 Å². The number of carbonyl (C=O) groups is 3. The Morgan fingerprint density at radius 2 is 0.606 bits per heavy atom. The molecule has 5 N–H and O–H groups in total. The van der Waals surface area contributed by atoms with Gasteiger partial charge in [-0.15, -0.1) is 0 Å². The molecular formula is C58H62N4O9. The Kier molecular flexibility index (Phi) is 16.4. The molecule has 3 aliphatic carbocycles. The Bertz CT molecular complexity index is 2350. The molecule has 0 fully saturated rings. The van der Waals surface area contributed by atoms with Gasteiger partial charge in [-0.3, -0.25) is 0 Å². The third-order valence-electron chi connectivity index (χ3n) is 13.4. The fourth-order valence-electron chi connectivity index (χ4n) is 9.99. The first kappa shape index (κ1) is 49.0. The summed E-state index contributed by atoms with van der Waals surface area (Å²) in [5.74, 6) is -0.0590. The summed E-state index contributed by atoms with van der Waals surface area (Å²) in [6.07, 6.45) is 0.149. The standard InChI is InChI=1S/C58H62N4O9/c59-58(37-66-31-13-28-60-55(63)69-34-52-46-22-7-1-16-40(46)41-17-2-8-23-47(41)52,38-67-32-14-29-61-56(64)70-35-53-48-24-9-3-18-42(48)43-19-4-10-25-49(43)53)39-68-33-15-30-62-57(65)71-36-54-50-26-11-5-20-44(50)45-21-6-12-27-51(45)54/h1-12,16-27,52-54H,13-15,28-39,59H2,(H,60,63)(H,61,64)(H,62,65). The number of rotatable bonds is 24. The molecule has 0 heterocycles. The number of ether oxygens (including phenoxy) is 6. The zero-order valence-corrected chi connectivity index (χ0v) is 39.9. The van der Waals surface area contributed by atoms with Crippen molar-refractivity contribution >= 4 is 18.3 Å². The van der Waals surface area contributed by atoms with Gasteiger partial charge in [0.1, 0.15) is 19.8 Å². The van der Waals surface area contributed by atoms with Crippen LogP contribution in [-0.4, -0.2) is 103 Å². The van der Waals surface area contributed by atoms with Crippen molar-refractivity contribution in [2.24, 2.45) is 5.73 Å². The zero-order chi connectivity index (χ0) is 48.8. The van der Waals surface area contributed by atoms with E-state index in [9.17, 15) is 14.4 Å². The van der Waals surface area contributed by atoms with E-state index in [4.69, 9.17) is 34.2 Å². The molecule has 13 nitrogen and oxygen atoms in total. The van der Waals surface area contributed by atoms with Crippen LogP contribution in [0, 0.1) is 0 Å². The van der Waals surface area contributed by atoms with Crippen LogP contribution in [0.25, 0.3) is 33.4 Å². The third-order valence-corrected chi connectivity index (χ3v) is 13.4. The molecule has 0 radical (unpaired) electrons. The number of amides is 3. The van der Waals surface area contributed by atoms with E-state index in [2.05, 4.69) is 88.7 Å². The summed E-state index contributed by atoms with van der Waals surface area (Å²) < 4.78 is 35.1. The number of carbonyl (C=O) groups excluding carboxylic acids is 3. The fraction of sp³-hybridized carbons (Fsp3) is 0.328. The molecular weight excluding hydrogens is 897 g/mol. The number of nitrogens with one attached hydrogen (secondary N) is 3. The van der Waals surface area contributed by atoms with Gasteiger partial charge >= 0.3 is 18.3 Å². The fourth-order valence-corrected chi connectivity index (χ4v) is 9.99. The lowest BCUT2D eigenvalue weighted by atomic mass is 9.98. The van der Waals surface area contributed by atoms with Crippen molar-refractivity contribution in [3.63, 3.8) is 0 Å². The predicted molar refractivity (Wildman–Crippen MR) is 272 cm³/mol. The first-order valence-corrected chi connectivity index (χ1v) is 24.7. The van der Waals surface area contributed by atoms with Gasteiger partial charge in [-0.05, 0) is 86.0 Å². The van der Waals surface area contributed by atoms with E-state index >= 15 is 0 Å². The predicted octanol–water partition coefficient (Wildman–Crippen LogP) is 9.52. The number of fused-ring (bicyclic) bond motifs is 9. The summed E-state index contributed by atoms with van der Waals surface area (Å²) in [5, 5.41) is 8.51. The molecule has 0 aromatic heterocycles. The van der Waals surface area contributed by atoms with E-state index < -0.39 is 23.8 Å². The van der Waals surface area contributed by atoms with Gasteiger partial charge in [0.2, 0.25) is 0 Å². The Hall–Kier alpha value is -7.03. The average Bonchev–Trinajstić information content (AvgIpc) is 4.02. The number of nitrogens with two attached hydrogens (primary N) is 1. The minimum Gasteiger partial charge on any atom is -0.449 e. The number of hydrogen-bond acceptors (Lipinski definition) is 10. The summed E-state index contributed by atoms with van der Waals surface area (Å²) >= 11 is 0. The molecule has 3 amide bonds. The van der Waals surface area contributed by atoms with Gasteiger partial charge < -0.3 is 50.1 Å². The highest BCUT2D eigenvalue weighted by Gasteiger charge is 2.32. The number of hydrogen-bond donors (Lipinski definition) is 4. The van der Waals surface area contributed by atoms with E-state index in [1.54, 1.807) is 0 Å². The highest BCUT2D eigenvalue weighted by atomic mass is 16.6. The molecule has 9 rings (SSSR count). The van der Waals surface area contributed by atoms with E-state index in [0.717, 1.165) is 33.4 Å². The molecule has 0 bridgehead atoms. The Balaban J connectivity index is 0.683. The quantitative estimate of drug-likeness (QED) is 0.0339. The molecule has 0 spiro atoms. The van der Waals surface area contributed by atoms with Crippen molar-refractivity contribution in [2.75, 3.05) is 79.1 Å². The van der Waals surface area contributed by atoms with Crippen molar-refractivity contribution in [2.45, 2.75) is 42.6 Å². The summed E-state index contributed by atoms with van der Waals surface area (Å²) in [6.45, 7) is 3.17. The molecule has 13 heteroatoms. The van der Waals surface area contributed by atoms with Crippen molar-refractivity contribution in [1.82, 2.24) is 16.0 Å². The van der Waals surface area contributed by atoms with Crippen molar-refractivity contribution in [1.29, 1.82) is 0 Å². The lowest BCUT2D eigenvalue weighted by Crippen LogP contribution is -2.53. The van der Waals surface area contributed by atoms with E-state index in [1.807, 2.05) is 72.8 Å². The lowest BCUT2D eigenvalue weighted by Gasteiger charge is -2.29. The molecule has 6 aromatic rings. The van der Waals surface area contributed by atoms with Crippen LogP contribution in [-0.2, 0) is 28.4 Å². The zero-order valence-electron chi connectivity index (χ0n) is 39.9. The smallest absolute Gasteiger partial charge is 0.407 e. The first-order chi connectivity index (χ1) is 34.9. The maximum absolute atomic E-state index is 12.7. The van der Waals surface area contributed by atoms with Crippen molar-refractivity contribution < 1.29 is 42.8 Å². The largest absolute Gasteiger partial charge is 0.449 e. The minimum atomic E-state index is -0.999. The molecule has 0 unspecified atom stereocenters. The van der Waals surface area contributed by atoms with Crippen LogP contribution in [0.1, 0.15) is 70.4 Å². The van der Waals surface area contributed by atoms with E-state index in [1.165, 1.54) is 33.4 Å². The monoisotopic (exact) mass is 958 g/mol. The highest BCUT2D eigenvalue weighted by molar-refractivity contribution is 5.81. The molecule has 71 heavy (non-hydrogen) atoms. The maximum Gasteiger partial charge on any atom is 0.407 e. The van der Waals surface area contributed by atoms with Gasteiger partial charge in [0, 0.05) is 57.2 Å². The highest BCUT2D eigenvalue weighted by Crippen LogP contribution is 2.47. The topological polar surface area (TPSA) is 169 Å². The summed E-state index contributed by atoms with van der Waals surface area (Å²) in [5.41, 5.74) is 19.8. The van der Waals surface area contributed by atoms with Gasteiger partial charge in [-0.25, -0.2) is 14.4 Å². The molecule has 0 aliphatic heterocycles. The average molecular weight is 959 g/mol. The maximum atomic E-state index is 12.7. The van der Waals surface area contributed by atoms with Crippen molar-refractivity contribution in [3.8, 4) is 33.4 Å². The van der Waals surface area contributed by atoms with Crippen LogP contribution < -0.4 is 21.7 Å². The second-order valence-electron chi connectivity index (χ2n) is 18.3. The van der Waals surface area contributed by atoms with Crippen LogP contribution in [0.15, 0.2) is 146 Å². The number of benzene rings is 6. The van der Waals surface area contributed by atoms with Crippen molar-refractivity contribution in [3.05, 3.63) is 179 Å². The van der Waals surface area contributed by atoms with Gasteiger partial charge in [0.15, 0.2) is 0 Å². The molecule has 368 valence electrons. The SMILES string of the molecule is NC(COCCCNC(=O)OCC1c2ccccc2-c2ccccc21)(COCCCNC(=O)OCC1c2ccccc2-c2ccccc21)COCCCNC(=O)OCC1c2ccccc2-c2ccccc21. The van der Waals surface area contributed by atoms with Gasteiger partial charge in [0.05, 0.1) is 25.4 Å². The van der Waals surface area contributed by atoms with Crippen LogP contribution in [0.3, 0.4) is 0 Å². The number of alkyl carbamates (subject to hydrolysis) is 3. The molecule has 0 atom stereocenters. The summed E-state index contributed by atoms with van der Waals surface area (Å²) in [6, 6.07) is 49.4.